The molecule has 1 aliphatic carbocycles. The van der Waals surface area contributed by atoms with Gasteiger partial charge < -0.3 is 45.5 Å². The fraction of sp³-hybridized carbons (Fsp3) is 0.491. The van der Waals surface area contributed by atoms with Crippen molar-refractivity contribution in [3.63, 3.8) is 0 Å². The SMILES string of the molecule is C=C(/C=C(/F)C(=NCc1ccc(NC(=O)[C@H](C)NC(=O)[C@@H](NC(=O)CCOCCOCCOCCOCCNC(=O)CCN2C(=O)C=CC2=O)C(C)C)cc1)NC(=O)c1cc(S(=O)(=O)C(F)(F)F)ccc1Sc1nn[nH][n+]1C)C1CCCC1. The van der Waals surface area contributed by atoms with Gasteiger partial charge in [0.1, 0.15) is 17.2 Å². The number of imide groups is 1. The number of nitrogens with zero attached hydrogens (tertiary/aromatic N) is 5. The van der Waals surface area contributed by atoms with Gasteiger partial charge in [-0.1, -0.05) is 50.6 Å². The number of carbonyl (C=O) groups excluding carboxylic acids is 7. The van der Waals surface area contributed by atoms with E-state index in [1.165, 1.54) is 30.8 Å². The number of anilines is 1. The molecule has 1 aliphatic heterocycles. The molecule has 3 aromatic rings. The molecular weight excluding hydrogens is 1140 g/mol. The van der Waals surface area contributed by atoms with Gasteiger partial charge in [-0.15, -0.1) is 0 Å². The number of sulfone groups is 1. The van der Waals surface area contributed by atoms with E-state index in [-0.39, 0.29) is 99.9 Å². The minimum atomic E-state index is -5.92. The number of ether oxygens (including phenoxy) is 4. The number of benzene rings is 2. The molecule has 1 aromatic heterocycles. The highest BCUT2D eigenvalue weighted by molar-refractivity contribution is 7.99. The average Bonchev–Trinajstić information content (AvgIpc) is 4.33. The second-order valence-corrected chi connectivity index (χ2v) is 22.1. The third kappa shape index (κ3) is 21.2. The Labute approximate surface area is 480 Å². The van der Waals surface area contributed by atoms with Crippen molar-refractivity contribution < 1.29 is 83.2 Å². The Hall–Kier alpha value is -7.25. The maximum atomic E-state index is 16.2. The van der Waals surface area contributed by atoms with Crippen molar-refractivity contribution in [1.29, 1.82) is 0 Å². The van der Waals surface area contributed by atoms with Crippen LogP contribution in [0, 0.1) is 11.8 Å². The summed E-state index contributed by atoms with van der Waals surface area (Å²) in [7, 11) is -4.41. The topological polar surface area (TPSA) is 312 Å². The number of rotatable bonds is 33. The van der Waals surface area contributed by atoms with E-state index >= 15 is 4.39 Å². The zero-order valence-corrected chi connectivity index (χ0v) is 47.8. The van der Waals surface area contributed by atoms with Crippen molar-refractivity contribution in [2.24, 2.45) is 23.9 Å². The normalized spacial score (nSPS) is 14.9. The molecule has 2 aromatic carbocycles. The third-order valence-corrected chi connectivity index (χ3v) is 15.2. The predicted octanol–water partition coefficient (Wildman–Crippen LogP) is 3.47. The zero-order chi connectivity index (χ0) is 60.7. The first-order valence-corrected chi connectivity index (χ1v) is 28.7. The summed E-state index contributed by atoms with van der Waals surface area (Å²) in [4.78, 5) is 92.3. The van der Waals surface area contributed by atoms with Crippen molar-refractivity contribution in [3.05, 3.63) is 89.8 Å². The summed E-state index contributed by atoms with van der Waals surface area (Å²) in [5, 5.41) is 23.1. The maximum Gasteiger partial charge on any atom is 0.501 e. The monoisotopic (exact) mass is 1210 g/mol. The van der Waals surface area contributed by atoms with E-state index in [2.05, 4.69) is 53.7 Å². The number of aliphatic imine (C=N–C) groups is 1. The lowest BCUT2D eigenvalue weighted by molar-refractivity contribution is -0.765. The molecule has 1 fully saturated rings. The molecule has 0 radical (unpaired) electrons. The number of alkyl halides is 3. The summed E-state index contributed by atoms with van der Waals surface area (Å²) >= 11 is 0.769. The van der Waals surface area contributed by atoms with Gasteiger partial charge in [-0.05, 0) is 90.9 Å². The molecule has 5 rings (SSSR count). The molecule has 0 bridgehead atoms. The largest absolute Gasteiger partial charge is 0.501 e. The number of aryl methyl sites for hydroxylation is 1. The van der Waals surface area contributed by atoms with Gasteiger partial charge in [0.15, 0.2) is 16.9 Å². The standard InChI is InChI=1S/C53H67F4N11O13S2/c1-33(2)47(62-44(70)19-22-78-24-26-80-28-29-81-27-25-79-23-20-58-43(69)18-21-68-45(71)16-17-46(68)72)51(75)60-35(4)49(73)61-38-12-10-36(11-13-38)32-59-48(41(54)30-34(3)37-8-6-7-9-37)63-50(74)40-31-39(83(76,77)53(55,56)57)14-15-42(40)82-52-64-65-66-67(52)5/h10-17,30-31,33,35,37,47H,3,6-9,18-29,32H2,1-2,4-5H3,(H5,58,59,60,61,62,63,69,70,73,74,75)/p+1/b41-30+/t35-,47-/m0/s1. The van der Waals surface area contributed by atoms with Gasteiger partial charge in [0.25, 0.3) is 27.6 Å². The molecule has 0 spiro atoms. The summed E-state index contributed by atoms with van der Waals surface area (Å²) < 4.78 is 105. The molecule has 1 saturated carbocycles. The van der Waals surface area contributed by atoms with Crippen LogP contribution in [0.4, 0.5) is 23.2 Å². The van der Waals surface area contributed by atoms with Crippen LogP contribution >= 0.6 is 11.8 Å². The molecule has 30 heteroatoms. The fourth-order valence-electron chi connectivity index (χ4n) is 7.91. The Morgan fingerprint density at radius 2 is 1.48 bits per heavy atom. The first-order valence-electron chi connectivity index (χ1n) is 26.4. The van der Waals surface area contributed by atoms with Crippen LogP contribution in [0.2, 0.25) is 0 Å². The molecule has 2 heterocycles. The number of hydrogen-bond donors (Lipinski definition) is 6. The summed E-state index contributed by atoms with van der Waals surface area (Å²) in [6, 6.07) is 6.26. The Balaban J connectivity index is 1.04. The van der Waals surface area contributed by atoms with Crippen molar-refractivity contribution >= 4 is 74.5 Å². The summed E-state index contributed by atoms with van der Waals surface area (Å²) in [6.45, 7) is 10.8. The van der Waals surface area contributed by atoms with Gasteiger partial charge in [0.05, 0.1) is 76.9 Å². The van der Waals surface area contributed by atoms with Gasteiger partial charge in [0.2, 0.25) is 23.6 Å². The van der Waals surface area contributed by atoms with E-state index in [1.54, 1.807) is 26.0 Å². The fourth-order valence-corrected chi connectivity index (χ4v) is 9.55. The minimum Gasteiger partial charge on any atom is -0.379 e. The number of amidine groups is 1. The molecular formula is C53H68F4N11O13S2+. The predicted molar refractivity (Wildman–Crippen MR) is 291 cm³/mol. The molecule has 7 amide bonds. The number of aromatic amines is 1. The Bertz CT molecular complexity index is 2970. The quantitative estimate of drug-likeness (QED) is 0.00967. The molecule has 0 unspecified atom stereocenters. The third-order valence-electron chi connectivity index (χ3n) is 12.6. The second kappa shape index (κ2) is 32.6. The Morgan fingerprint density at radius 3 is 2.07 bits per heavy atom. The van der Waals surface area contributed by atoms with Crippen LogP contribution in [0.3, 0.4) is 0 Å². The van der Waals surface area contributed by atoms with Gasteiger partial charge in [0, 0.05) is 48.7 Å². The second-order valence-electron chi connectivity index (χ2n) is 19.2. The van der Waals surface area contributed by atoms with E-state index in [0.717, 1.165) is 66.6 Å². The van der Waals surface area contributed by atoms with Gasteiger partial charge >= 0.3 is 10.7 Å². The molecule has 83 heavy (non-hydrogen) atoms. The average molecular weight is 1210 g/mol. The number of hydrogen-bond acceptors (Lipinski definition) is 17. The molecule has 2 atom stereocenters. The number of H-pyrrole nitrogens is 1. The van der Waals surface area contributed by atoms with Gasteiger partial charge in [-0.25, -0.2) is 12.8 Å². The lowest BCUT2D eigenvalue weighted by atomic mass is 9.98. The lowest BCUT2D eigenvalue weighted by Gasteiger charge is -2.24. The highest BCUT2D eigenvalue weighted by Crippen LogP contribution is 2.35. The summed E-state index contributed by atoms with van der Waals surface area (Å²) in [6.07, 6.45) is 6.70. The van der Waals surface area contributed by atoms with Crippen molar-refractivity contribution in [2.75, 3.05) is 71.3 Å². The van der Waals surface area contributed by atoms with Crippen LogP contribution in [0.15, 0.2) is 98.6 Å². The highest BCUT2D eigenvalue weighted by atomic mass is 32.2. The van der Waals surface area contributed by atoms with Crippen LogP contribution in [0.5, 0.6) is 0 Å². The van der Waals surface area contributed by atoms with Crippen LogP contribution < -0.4 is 31.3 Å². The maximum absolute atomic E-state index is 16.2. The highest BCUT2D eigenvalue weighted by Gasteiger charge is 2.47. The Morgan fingerprint density at radius 1 is 0.867 bits per heavy atom. The van der Waals surface area contributed by atoms with E-state index in [9.17, 15) is 55.2 Å². The summed E-state index contributed by atoms with van der Waals surface area (Å²) in [5.41, 5.74) is -5.09. The van der Waals surface area contributed by atoms with Crippen molar-refractivity contribution in [2.45, 2.75) is 98.4 Å². The van der Waals surface area contributed by atoms with Crippen molar-refractivity contribution in [3.8, 4) is 0 Å². The number of carbonyl (C=O) groups is 7. The molecule has 24 nitrogen and oxygen atoms in total. The van der Waals surface area contributed by atoms with Crippen LogP contribution in [0.25, 0.3) is 0 Å². The smallest absolute Gasteiger partial charge is 0.379 e. The van der Waals surface area contributed by atoms with Crippen LogP contribution in [0.1, 0.15) is 75.2 Å². The lowest BCUT2D eigenvalue weighted by Crippen LogP contribution is -2.53. The zero-order valence-electron chi connectivity index (χ0n) is 46.2. The molecule has 2 aliphatic rings. The van der Waals surface area contributed by atoms with E-state index < -0.39 is 85.0 Å². The molecule has 0 saturated heterocycles. The molecule has 452 valence electrons. The number of nitrogens with one attached hydrogen (secondary N) is 6. The van der Waals surface area contributed by atoms with Crippen LogP contribution in [-0.2, 0) is 71.1 Å². The van der Waals surface area contributed by atoms with E-state index in [4.69, 9.17) is 18.9 Å². The first kappa shape index (κ1) is 66.5. The van der Waals surface area contributed by atoms with Gasteiger partial charge in [-0.3, -0.25) is 43.5 Å². The van der Waals surface area contributed by atoms with Gasteiger partial charge in [-0.2, -0.15) is 17.9 Å². The van der Waals surface area contributed by atoms with E-state index in [0.29, 0.717) is 42.2 Å². The Kier molecular flexibility index (Phi) is 26.1. The first-order chi connectivity index (χ1) is 39.4. The summed E-state index contributed by atoms with van der Waals surface area (Å²) in [5.74, 6) is -6.10. The molecule has 6 N–H and O–H groups in total. The number of tetrazole rings is 1. The van der Waals surface area contributed by atoms with E-state index in [1.807, 2.05) is 0 Å². The number of amides is 7. The number of aromatic nitrogens is 4. The number of halogens is 4. The number of allylic oxidation sites excluding steroid dienone is 2. The minimum absolute atomic E-state index is 0.00241. The van der Waals surface area contributed by atoms with Crippen LogP contribution in [-0.4, -0.2) is 160 Å². The van der Waals surface area contributed by atoms with Crippen molar-refractivity contribution in [1.82, 2.24) is 41.7 Å².